The first kappa shape index (κ1) is 8.95. The van der Waals surface area contributed by atoms with Gasteiger partial charge in [0.15, 0.2) is 5.65 Å². The monoisotopic (exact) mass is 210 g/mol. The first-order chi connectivity index (χ1) is 6.70. The lowest BCUT2D eigenvalue weighted by atomic mass is 10.5. The first-order valence-corrected chi connectivity index (χ1v) is 4.97. The lowest BCUT2D eigenvalue weighted by Gasteiger charge is -1.91. The molecule has 0 bridgehead atoms. The number of thioether (sulfide) groups is 1. The smallest absolute Gasteiger partial charge is 0.258 e. The molecule has 0 aromatic carbocycles. The normalized spacial score (nSPS) is 10.6. The van der Waals surface area contributed by atoms with E-state index in [1.54, 1.807) is 6.07 Å². The predicted octanol–water partition coefficient (Wildman–Crippen LogP) is 1.36. The van der Waals surface area contributed by atoms with Crippen molar-refractivity contribution in [3.63, 3.8) is 0 Å². The predicted molar refractivity (Wildman–Crippen MR) is 51.4 cm³/mol. The van der Waals surface area contributed by atoms with Gasteiger partial charge in [0.1, 0.15) is 17.4 Å². The highest BCUT2D eigenvalue weighted by atomic mass is 32.2. The van der Waals surface area contributed by atoms with Crippen molar-refractivity contribution in [1.29, 1.82) is 0 Å². The Bertz CT molecular complexity index is 495. The van der Waals surface area contributed by atoms with E-state index in [1.807, 2.05) is 6.26 Å². The molecule has 0 fully saturated rings. The average Bonchev–Trinajstić information content (AvgIpc) is 2.58. The summed E-state index contributed by atoms with van der Waals surface area (Å²) in [5.74, 6) is 0. The van der Waals surface area contributed by atoms with E-state index in [1.165, 1.54) is 28.7 Å². The summed E-state index contributed by atoms with van der Waals surface area (Å²) in [5.41, 5.74) is 0.549. The van der Waals surface area contributed by atoms with Crippen LogP contribution in [0.5, 0.6) is 0 Å². The van der Waals surface area contributed by atoms with Crippen molar-refractivity contribution >= 4 is 23.1 Å². The van der Waals surface area contributed by atoms with Crippen LogP contribution in [-0.4, -0.2) is 25.8 Å². The summed E-state index contributed by atoms with van der Waals surface area (Å²) in [5, 5.41) is 15.3. The second-order valence-electron chi connectivity index (χ2n) is 2.56. The van der Waals surface area contributed by atoms with Crippen LogP contribution in [0.4, 0.5) is 5.69 Å². The molecule has 6 nitrogen and oxygen atoms in total. The molecular formula is C7H6N4O2S. The lowest BCUT2D eigenvalue weighted by Crippen LogP contribution is -1.94. The van der Waals surface area contributed by atoms with Crippen LogP contribution in [0.2, 0.25) is 0 Å². The third-order valence-corrected chi connectivity index (χ3v) is 2.31. The van der Waals surface area contributed by atoms with E-state index in [0.717, 1.165) is 5.03 Å². The van der Waals surface area contributed by atoms with Crippen molar-refractivity contribution in [2.24, 2.45) is 0 Å². The molecule has 0 unspecified atom stereocenters. The Morgan fingerprint density at radius 2 is 2.43 bits per heavy atom. The van der Waals surface area contributed by atoms with E-state index in [-0.39, 0.29) is 5.69 Å². The zero-order chi connectivity index (χ0) is 10.1. The van der Waals surface area contributed by atoms with Crippen LogP contribution in [0.3, 0.4) is 0 Å². The fraction of sp³-hybridized carbons (Fsp3) is 0.143. The molecule has 2 aromatic rings. The van der Waals surface area contributed by atoms with Gasteiger partial charge < -0.3 is 0 Å². The van der Waals surface area contributed by atoms with Crippen molar-refractivity contribution in [1.82, 2.24) is 14.6 Å². The zero-order valence-electron chi connectivity index (χ0n) is 7.25. The van der Waals surface area contributed by atoms with Crippen LogP contribution in [0, 0.1) is 10.1 Å². The number of hydrogen-bond donors (Lipinski definition) is 0. The quantitative estimate of drug-likeness (QED) is 0.425. The van der Waals surface area contributed by atoms with Gasteiger partial charge >= 0.3 is 5.69 Å². The Morgan fingerprint density at radius 3 is 3.07 bits per heavy atom. The zero-order valence-corrected chi connectivity index (χ0v) is 8.06. The molecule has 7 heteroatoms. The van der Waals surface area contributed by atoms with E-state index in [0.29, 0.717) is 5.65 Å². The second kappa shape index (κ2) is 3.26. The topological polar surface area (TPSA) is 73.3 Å². The van der Waals surface area contributed by atoms with E-state index in [4.69, 9.17) is 0 Å². The molecule has 14 heavy (non-hydrogen) atoms. The molecule has 0 saturated carbocycles. The molecule has 0 aliphatic rings. The van der Waals surface area contributed by atoms with Crippen LogP contribution in [0.1, 0.15) is 0 Å². The maximum Gasteiger partial charge on any atom is 0.305 e. The molecule has 0 aliphatic carbocycles. The summed E-state index contributed by atoms with van der Waals surface area (Å²) >= 11 is 1.47. The highest BCUT2D eigenvalue weighted by molar-refractivity contribution is 7.98. The van der Waals surface area contributed by atoms with Gasteiger partial charge in [-0.15, -0.1) is 11.8 Å². The summed E-state index contributed by atoms with van der Waals surface area (Å²) in [7, 11) is 0. The summed E-state index contributed by atoms with van der Waals surface area (Å²) in [6.45, 7) is 0. The minimum absolute atomic E-state index is 0.0618. The molecule has 0 atom stereocenters. The van der Waals surface area contributed by atoms with E-state index in [2.05, 4.69) is 10.1 Å². The number of nitro groups is 1. The fourth-order valence-electron chi connectivity index (χ4n) is 1.04. The molecule has 0 spiro atoms. The van der Waals surface area contributed by atoms with Gasteiger partial charge in [-0.2, -0.15) is 5.10 Å². The van der Waals surface area contributed by atoms with Gasteiger partial charge in [0.2, 0.25) is 0 Å². The SMILES string of the molecule is CSc1cc2ncc([N+](=O)[O-])cn2n1. The Morgan fingerprint density at radius 1 is 1.64 bits per heavy atom. The van der Waals surface area contributed by atoms with E-state index in [9.17, 15) is 10.1 Å². The van der Waals surface area contributed by atoms with Gasteiger partial charge in [-0.25, -0.2) is 9.50 Å². The molecular weight excluding hydrogens is 204 g/mol. The minimum atomic E-state index is -0.493. The Hall–Kier alpha value is -1.63. The van der Waals surface area contributed by atoms with Crippen molar-refractivity contribution in [2.45, 2.75) is 5.03 Å². The van der Waals surface area contributed by atoms with Gasteiger partial charge in [0.25, 0.3) is 0 Å². The largest absolute Gasteiger partial charge is 0.305 e. The van der Waals surface area contributed by atoms with Gasteiger partial charge in [-0.05, 0) is 6.26 Å². The van der Waals surface area contributed by atoms with Crippen LogP contribution in [0.15, 0.2) is 23.5 Å². The Balaban J connectivity index is 2.59. The third-order valence-electron chi connectivity index (χ3n) is 1.70. The fourth-order valence-corrected chi connectivity index (χ4v) is 1.43. The number of hydrogen-bond acceptors (Lipinski definition) is 5. The summed E-state index contributed by atoms with van der Waals surface area (Å²) in [6, 6.07) is 1.77. The van der Waals surface area contributed by atoms with E-state index >= 15 is 0 Å². The van der Waals surface area contributed by atoms with Crippen molar-refractivity contribution in [2.75, 3.05) is 6.26 Å². The first-order valence-electron chi connectivity index (χ1n) is 3.74. The second-order valence-corrected chi connectivity index (χ2v) is 3.39. The van der Waals surface area contributed by atoms with Crippen molar-refractivity contribution in [3.05, 3.63) is 28.6 Å². The molecule has 0 N–H and O–H groups in total. The van der Waals surface area contributed by atoms with Crippen LogP contribution < -0.4 is 0 Å². The maximum absolute atomic E-state index is 10.4. The Labute approximate surface area is 83.1 Å². The molecule has 0 amide bonds. The van der Waals surface area contributed by atoms with Gasteiger partial charge in [0, 0.05) is 6.07 Å². The van der Waals surface area contributed by atoms with Crippen LogP contribution in [0.25, 0.3) is 5.65 Å². The van der Waals surface area contributed by atoms with Crippen LogP contribution in [-0.2, 0) is 0 Å². The molecule has 2 heterocycles. The maximum atomic E-state index is 10.4. The minimum Gasteiger partial charge on any atom is -0.258 e. The number of nitrogens with zero attached hydrogens (tertiary/aromatic N) is 4. The van der Waals surface area contributed by atoms with Crippen molar-refractivity contribution < 1.29 is 4.92 Å². The molecule has 72 valence electrons. The summed E-state index contributed by atoms with van der Waals surface area (Å²) in [4.78, 5) is 13.9. The highest BCUT2D eigenvalue weighted by Crippen LogP contribution is 2.16. The average molecular weight is 210 g/mol. The number of aromatic nitrogens is 3. The highest BCUT2D eigenvalue weighted by Gasteiger charge is 2.08. The van der Waals surface area contributed by atoms with Gasteiger partial charge in [-0.1, -0.05) is 0 Å². The van der Waals surface area contributed by atoms with Gasteiger partial charge in [-0.3, -0.25) is 10.1 Å². The number of rotatable bonds is 2. The summed E-state index contributed by atoms with van der Waals surface area (Å²) < 4.78 is 1.41. The van der Waals surface area contributed by atoms with Crippen LogP contribution >= 0.6 is 11.8 Å². The number of fused-ring (bicyclic) bond motifs is 1. The molecule has 0 saturated heterocycles. The molecule has 2 rings (SSSR count). The van der Waals surface area contributed by atoms with Crippen molar-refractivity contribution in [3.8, 4) is 0 Å². The summed E-state index contributed by atoms with van der Waals surface area (Å²) in [6.07, 6.45) is 4.46. The van der Waals surface area contributed by atoms with E-state index < -0.39 is 4.92 Å². The molecule has 0 aliphatic heterocycles. The molecule has 2 aromatic heterocycles. The Kier molecular flexibility index (Phi) is 2.08. The standard InChI is InChI=1S/C7H6N4O2S/c1-14-7-2-6-8-3-5(11(12)13)4-10(6)9-7/h2-4H,1H3. The third kappa shape index (κ3) is 1.41. The van der Waals surface area contributed by atoms with Gasteiger partial charge in [0.05, 0.1) is 4.92 Å². The lowest BCUT2D eigenvalue weighted by molar-refractivity contribution is -0.385. The molecule has 0 radical (unpaired) electrons.